The molecule has 0 aromatic carbocycles. The van der Waals surface area contributed by atoms with E-state index in [1.165, 1.54) is 6.20 Å². The highest BCUT2D eigenvalue weighted by Crippen LogP contribution is 2.46. The van der Waals surface area contributed by atoms with Gasteiger partial charge in [-0.25, -0.2) is 9.97 Å². The molecule has 0 N–H and O–H groups in total. The topological polar surface area (TPSA) is 35.0 Å². The second-order valence-electron chi connectivity index (χ2n) is 3.33. The Morgan fingerprint density at radius 1 is 1.53 bits per heavy atom. The number of ether oxygens (including phenoxy) is 1. The molecule has 2 rings (SSSR count). The fraction of sp³-hybridized carbons (Fsp3) is 0.500. The zero-order valence-corrected chi connectivity index (χ0v) is 8.35. The zero-order chi connectivity index (χ0) is 11.3. The van der Waals surface area contributed by atoms with E-state index in [-0.39, 0.29) is 17.6 Å². The van der Waals surface area contributed by atoms with E-state index in [0.29, 0.717) is 5.56 Å². The summed E-state index contributed by atoms with van der Waals surface area (Å²) in [7, 11) is 0. The number of fused-ring (bicyclic) bond motifs is 1. The molecule has 0 aliphatic carbocycles. The monoisotopic (exact) mass is 238 g/mol. The van der Waals surface area contributed by atoms with Gasteiger partial charge < -0.3 is 4.74 Å². The van der Waals surface area contributed by atoms with Gasteiger partial charge in [0, 0.05) is 11.8 Å². The van der Waals surface area contributed by atoms with Crippen molar-refractivity contribution < 1.29 is 17.9 Å². The quantitative estimate of drug-likeness (QED) is 0.651. The van der Waals surface area contributed by atoms with Gasteiger partial charge in [0.25, 0.3) is 0 Å². The maximum atomic E-state index is 12.7. The summed E-state index contributed by atoms with van der Waals surface area (Å²) in [5, 5.41) is -0.213. The molecule has 15 heavy (non-hydrogen) atoms. The summed E-state index contributed by atoms with van der Waals surface area (Å²) in [6.45, 7) is 0.782. The third kappa shape index (κ3) is 1.48. The Morgan fingerprint density at radius 3 is 2.80 bits per heavy atom. The molecule has 0 radical (unpaired) electrons. The van der Waals surface area contributed by atoms with Crippen molar-refractivity contribution >= 4 is 11.6 Å². The molecule has 1 aliphatic heterocycles. The molecule has 1 aliphatic rings. The van der Waals surface area contributed by atoms with Gasteiger partial charge in [0.05, 0.1) is 12.3 Å². The van der Waals surface area contributed by atoms with Gasteiger partial charge in [-0.05, 0) is 18.5 Å². The van der Waals surface area contributed by atoms with Gasteiger partial charge >= 0.3 is 6.18 Å². The highest BCUT2D eigenvalue weighted by atomic mass is 35.5. The molecule has 1 aromatic rings. The highest BCUT2D eigenvalue weighted by molar-refractivity contribution is 6.28. The molecule has 1 aromatic heterocycles. The van der Waals surface area contributed by atoms with Crippen LogP contribution in [0.2, 0.25) is 5.28 Å². The van der Waals surface area contributed by atoms with Gasteiger partial charge in [-0.1, -0.05) is 0 Å². The van der Waals surface area contributed by atoms with Crippen LogP contribution >= 0.6 is 11.6 Å². The predicted octanol–water partition coefficient (Wildman–Crippen LogP) is 2.44. The molecular formula is C8H6ClF3N2O. The Hall–Kier alpha value is -0.880. The molecule has 0 amide bonds. The van der Waals surface area contributed by atoms with Crippen LogP contribution in [0.4, 0.5) is 13.2 Å². The average molecular weight is 239 g/mol. The Bertz CT molecular complexity index is 409. The van der Waals surface area contributed by atoms with Gasteiger partial charge in [0.1, 0.15) is 0 Å². The normalized spacial score (nSPS) is 25.4. The van der Waals surface area contributed by atoms with E-state index in [4.69, 9.17) is 16.3 Å². The van der Waals surface area contributed by atoms with Crippen molar-refractivity contribution in [2.75, 3.05) is 0 Å². The van der Waals surface area contributed by atoms with Crippen molar-refractivity contribution in [2.45, 2.75) is 25.3 Å². The average Bonchev–Trinajstić information content (AvgIpc) is 2.44. The summed E-state index contributed by atoms with van der Waals surface area (Å²) in [5.74, 6) is 0. The van der Waals surface area contributed by atoms with Crippen LogP contribution in [0.25, 0.3) is 0 Å². The first kappa shape index (κ1) is 10.6. The summed E-state index contributed by atoms with van der Waals surface area (Å²) >= 11 is 5.46. The molecule has 0 saturated carbocycles. The smallest absolute Gasteiger partial charge is 0.355 e. The van der Waals surface area contributed by atoms with E-state index < -0.39 is 11.8 Å². The Balaban J connectivity index is 2.56. The minimum atomic E-state index is -4.52. The van der Waals surface area contributed by atoms with Gasteiger partial charge in [0.2, 0.25) is 10.9 Å². The fourth-order valence-electron chi connectivity index (χ4n) is 1.41. The van der Waals surface area contributed by atoms with Crippen molar-refractivity contribution in [1.82, 2.24) is 9.97 Å². The number of hydrogen-bond acceptors (Lipinski definition) is 3. The molecule has 0 saturated heterocycles. The molecule has 82 valence electrons. The number of hydrogen-bond donors (Lipinski definition) is 0. The summed E-state index contributed by atoms with van der Waals surface area (Å²) in [4.78, 5) is 7.19. The first-order chi connectivity index (χ1) is 6.84. The summed E-state index contributed by atoms with van der Waals surface area (Å²) in [6, 6.07) is 0. The summed E-state index contributed by atoms with van der Waals surface area (Å²) < 4.78 is 42.9. The molecule has 0 fully saturated rings. The largest absolute Gasteiger partial charge is 0.422 e. The Labute approximate surface area is 88.2 Å². The SMILES string of the molecule is CC1(C(F)(F)F)OCc2cnc(Cl)nc21. The van der Waals surface area contributed by atoms with E-state index in [0.717, 1.165) is 6.92 Å². The van der Waals surface area contributed by atoms with E-state index in [1.54, 1.807) is 0 Å². The lowest BCUT2D eigenvalue weighted by molar-refractivity contribution is -0.273. The molecular weight excluding hydrogens is 233 g/mol. The zero-order valence-electron chi connectivity index (χ0n) is 7.60. The predicted molar refractivity (Wildman–Crippen MR) is 45.2 cm³/mol. The van der Waals surface area contributed by atoms with Crippen LogP contribution in [-0.4, -0.2) is 16.1 Å². The minimum absolute atomic E-state index is 0.150. The van der Waals surface area contributed by atoms with Crippen LogP contribution in [0, 0.1) is 0 Å². The molecule has 0 spiro atoms. The minimum Gasteiger partial charge on any atom is -0.355 e. The first-order valence-electron chi connectivity index (χ1n) is 4.07. The lowest BCUT2D eigenvalue weighted by Gasteiger charge is -2.26. The third-order valence-electron chi connectivity index (χ3n) is 2.34. The maximum Gasteiger partial charge on any atom is 0.422 e. The molecule has 3 nitrogen and oxygen atoms in total. The molecule has 0 bridgehead atoms. The Morgan fingerprint density at radius 2 is 2.20 bits per heavy atom. The van der Waals surface area contributed by atoms with Crippen LogP contribution in [0.15, 0.2) is 6.20 Å². The highest BCUT2D eigenvalue weighted by Gasteiger charge is 2.58. The van der Waals surface area contributed by atoms with E-state index >= 15 is 0 Å². The van der Waals surface area contributed by atoms with Crippen LogP contribution in [0.3, 0.4) is 0 Å². The summed E-state index contributed by atoms with van der Waals surface area (Å²) in [6.07, 6.45) is -3.27. The van der Waals surface area contributed by atoms with Crippen molar-refractivity contribution in [3.63, 3.8) is 0 Å². The van der Waals surface area contributed by atoms with Crippen molar-refractivity contribution in [2.24, 2.45) is 0 Å². The standard InChI is InChI=1S/C8H6ClF3N2O/c1-7(8(10,11)12)5-4(3-15-7)2-13-6(9)14-5/h2H,3H2,1H3. The number of alkyl halides is 3. The number of halogens is 4. The van der Waals surface area contributed by atoms with E-state index in [1.807, 2.05) is 0 Å². The Kier molecular flexibility index (Phi) is 2.16. The van der Waals surface area contributed by atoms with Crippen LogP contribution in [0.1, 0.15) is 18.2 Å². The maximum absolute atomic E-state index is 12.7. The van der Waals surface area contributed by atoms with Gasteiger partial charge in [-0.15, -0.1) is 0 Å². The van der Waals surface area contributed by atoms with Gasteiger partial charge in [-0.2, -0.15) is 13.2 Å². The second kappa shape index (κ2) is 3.05. The molecule has 1 unspecified atom stereocenters. The fourth-order valence-corrected chi connectivity index (χ4v) is 1.54. The van der Waals surface area contributed by atoms with E-state index in [2.05, 4.69) is 9.97 Å². The van der Waals surface area contributed by atoms with Crippen molar-refractivity contribution in [3.05, 3.63) is 22.7 Å². The van der Waals surface area contributed by atoms with Crippen LogP contribution < -0.4 is 0 Å². The first-order valence-corrected chi connectivity index (χ1v) is 4.45. The van der Waals surface area contributed by atoms with Crippen LogP contribution in [0.5, 0.6) is 0 Å². The number of nitrogens with zero attached hydrogens (tertiary/aromatic N) is 2. The van der Waals surface area contributed by atoms with Gasteiger partial charge in [-0.3, -0.25) is 0 Å². The van der Waals surface area contributed by atoms with Gasteiger partial charge in [0.15, 0.2) is 0 Å². The van der Waals surface area contributed by atoms with Crippen molar-refractivity contribution in [1.29, 1.82) is 0 Å². The lowest BCUT2D eigenvalue weighted by atomic mass is 10.0. The van der Waals surface area contributed by atoms with Crippen LogP contribution in [-0.2, 0) is 16.9 Å². The summed E-state index contributed by atoms with van der Waals surface area (Å²) in [5.41, 5.74) is -2.26. The second-order valence-corrected chi connectivity index (χ2v) is 3.67. The molecule has 2 heterocycles. The molecule has 1 atom stereocenters. The third-order valence-corrected chi connectivity index (χ3v) is 2.53. The van der Waals surface area contributed by atoms with Crippen molar-refractivity contribution in [3.8, 4) is 0 Å². The lowest BCUT2D eigenvalue weighted by Crippen LogP contribution is -2.39. The van der Waals surface area contributed by atoms with E-state index in [9.17, 15) is 13.2 Å². The molecule has 7 heteroatoms. The number of aromatic nitrogens is 2. The number of rotatable bonds is 0.